The summed E-state index contributed by atoms with van der Waals surface area (Å²) in [6, 6.07) is 17.8. The Kier molecular flexibility index (Phi) is 5.58. The van der Waals surface area contributed by atoms with Crippen molar-refractivity contribution in [2.45, 2.75) is 6.42 Å². The molecular formula is C17H20N2OS. The average molecular weight is 300 g/mol. The highest BCUT2D eigenvalue weighted by Crippen LogP contribution is 2.19. The first kappa shape index (κ1) is 15.3. The third-order valence-corrected chi connectivity index (χ3v) is 3.45. The number of nitrogens with zero attached hydrogens (tertiary/aromatic N) is 1. The maximum atomic E-state index is 5.76. The molecule has 0 saturated heterocycles. The smallest absolute Gasteiger partial charge is 0.119 e. The number of ether oxygens (including phenoxy) is 1. The normalized spacial score (nSPS) is 10.1. The molecule has 2 N–H and O–H groups in total. The van der Waals surface area contributed by atoms with Crippen molar-refractivity contribution in [3.63, 3.8) is 0 Å². The highest BCUT2D eigenvalue weighted by atomic mass is 32.1. The van der Waals surface area contributed by atoms with Crippen LogP contribution in [0.5, 0.6) is 5.75 Å². The van der Waals surface area contributed by atoms with Crippen molar-refractivity contribution in [1.29, 1.82) is 0 Å². The summed E-state index contributed by atoms with van der Waals surface area (Å²) < 4.78 is 5.69. The molecule has 0 aliphatic heterocycles. The largest absolute Gasteiger partial charge is 0.494 e. The van der Waals surface area contributed by atoms with Crippen molar-refractivity contribution in [3.05, 3.63) is 60.2 Å². The quantitative estimate of drug-likeness (QED) is 0.629. The minimum absolute atomic E-state index is 0.429. The van der Waals surface area contributed by atoms with E-state index < -0.39 is 0 Å². The topological polar surface area (TPSA) is 38.5 Å². The molecule has 0 unspecified atom stereocenters. The van der Waals surface area contributed by atoms with Gasteiger partial charge in [-0.1, -0.05) is 42.5 Å². The van der Waals surface area contributed by atoms with Crippen LogP contribution < -0.4 is 15.4 Å². The third-order valence-electron chi connectivity index (χ3n) is 3.23. The number of para-hydroxylation sites is 2. The Hall–Kier alpha value is -2.07. The van der Waals surface area contributed by atoms with Crippen LogP contribution in [-0.2, 0) is 0 Å². The number of rotatable bonds is 7. The van der Waals surface area contributed by atoms with Gasteiger partial charge >= 0.3 is 0 Å². The molecule has 0 aliphatic carbocycles. The molecule has 0 spiro atoms. The van der Waals surface area contributed by atoms with Crippen LogP contribution >= 0.6 is 12.2 Å². The summed E-state index contributed by atoms with van der Waals surface area (Å²) in [6.07, 6.45) is 0.928. The lowest BCUT2D eigenvalue weighted by Crippen LogP contribution is -2.24. The van der Waals surface area contributed by atoms with Gasteiger partial charge in [0.25, 0.3) is 0 Å². The van der Waals surface area contributed by atoms with Crippen molar-refractivity contribution in [2.24, 2.45) is 5.73 Å². The second-order valence-corrected chi connectivity index (χ2v) is 5.26. The molecule has 2 rings (SSSR count). The maximum absolute atomic E-state index is 5.76. The van der Waals surface area contributed by atoms with Crippen molar-refractivity contribution in [1.82, 2.24) is 0 Å². The summed E-state index contributed by atoms with van der Waals surface area (Å²) in [5, 5.41) is 0. The molecule has 0 heterocycles. The van der Waals surface area contributed by atoms with Gasteiger partial charge in [-0.25, -0.2) is 0 Å². The number of nitrogens with two attached hydrogens (primary N) is 1. The molecule has 0 radical (unpaired) electrons. The summed E-state index contributed by atoms with van der Waals surface area (Å²) in [5.41, 5.74) is 7.74. The van der Waals surface area contributed by atoms with E-state index >= 15 is 0 Å². The summed E-state index contributed by atoms with van der Waals surface area (Å²) in [6.45, 7) is 1.57. The lowest BCUT2D eigenvalue weighted by Gasteiger charge is -2.22. The van der Waals surface area contributed by atoms with Crippen LogP contribution in [0.15, 0.2) is 54.6 Å². The van der Waals surface area contributed by atoms with Gasteiger partial charge in [0.1, 0.15) is 10.7 Å². The number of anilines is 1. The Balaban J connectivity index is 1.85. The molecule has 0 saturated carbocycles. The first-order chi connectivity index (χ1) is 10.2. The van der Waals surface area contributed by atoms with E-state index in [0.29, 0.717) is 11.6 Å². The number of thiocarbonyl (C=S) groups is 1. The minimum atomic E-state index is 0.429. The van der Waals surface area contributed by atoms with E-state index in [1.165, 1.54) is 0 Å². The molecular weight excluding hydrogens is 280 g/mol. The summed E-state index contributed by atoms with van der Waals surface area (Å²) >= 11 is 5.09. The zero-order valence-corrected chi connectivity index (χ0v) is 13.0. The Morgan fingerprint density at radius 3 is 2.48 bits per heavy atom. The summed E-state index contributed by atoms with van der Waals surface area (Å²) in [4.78, 5) is 2.58. The molecule has 0 atom stereocenters. The van der Waals surface area contributed by atoms with E-state index in [0.717, 1.165) is 30.0 Å². The van der Waals surface area contributed by atoms with Crippen LogP contribution in [0, 0.1) is 0 Å². The van der Waals surface area contributed by atoms with Gasteiger partial charge in [0.2, 0.25) is 0 Å². The van der Waals surface area contributed by atoms with Crippen LogP contribution in [0.1, 0.15) is 12.0 Å². The number of hydrogen-bond donors (Lipinski definition) is 1. The van der Waals surface area contributed by atoms with E-state index in [2.05, 4.69) is 4.90 Å². The average Bonchev–Trinajstić information content (AvgIpc) is 2.52. The molecule has 0 aromatic heterocycles. The molecule has 0 amide bonds. The molecule has 4 heteroatoms. The van der Waals surface area contributed by atoms with E-state index in [4.69, 9.17) is 22.7 Å². The molecule has 3 nitrogen and oxygen atoms in total. The number of benzene rings is 2. The highest BCUT2D eigenvalue weighted by Gasteiger charge is 2.08. The van der Waals surface area contributed by atoms with Crippen molar-refractivity contribution >= 4 is 22.9 Å². The predicted octanol–water partition coefficient (Wildman–Crippen LogP) is 3.23. The molecule has 0 aliphatic rings. The Morgan fingerprint density at radius 2 is 1.76 bits per heavy atom. The van der Waals surface area contributed by atoms with Crippen LogP contribution in [0.25, 0.3) is 0 Å². The predicted molar refractivity (Wildman–Crippen MR) is 92.2 cm³/mol. The summed E-state index contributed by atoms with van der Waals surface area (Å²) in [7, 11) is 2.04. The van der Waals surface area contributed by atoms with Crippen molar-refractivity contribution in [2.75, 3.05) is 25.1 Å². The van der Waals surface area contributed by atoms with Gasteiger partial charge in [-0.2, -0.15) is 0 Å². The lowest BCUT2D eigenvalue weighted by molar-refractivity contribution is 0.312. The van der Waals surface area contributed by atoms with Crippen LogP contribution in [0.4, 0.5) is 5.69 Å². The van der Waals surface area contributed by atoms with Gasteiger partial charge in [0.15, 0.2) is 0 Å². The molecule has 2 aromatic rings. The van der Waals surface area contributed by atoms with Crippen LogP contribution in [0.2, 0.25) is 0 Å². The highest BCUT2D eigenvalue weighted by molar-refractivity contribution is 7.80. The Bertz CT molecular complexity index is 586. The van der Waals surface area contributed by atoms with Crippen LogP contribution in [-0.4, -0.2) is 25.2 Å². The zero-order valence-electron chi connectivity index (χ0n) is 12.2. The monoisotopic (exact) mass is 300 g/mol. The standard InChI is InChI=1S/C17H20N2OS/c1-19(16-11-6-5-10-15(16)17(18)21)12-7-13-20-14-8-3-2-4-9-14/h2-6,8-11H,7,12-13H2,1H3,(H2,18,21). The van der Waals surface area contributed by atoms with Gasteiger partial charge in [-0.05, 0) is 30.7 Å². The second kappa shape index (κ2) is 7.64. The third kappa shape index (κ3) is 4.46. The zero-order chi connectivity index (χ0) is 15.1. The second-order valence-electron chi connectivity index (χ2n) is 4.82. The first-order valence-corrected chi connectivity index (χ1v) is 7.37. The molecule has 0 bridgehead atoms. The molecule has 0 fully saturated rings. The van der Waals surface area contributed by atoms with Gasteiger partial charge in [0.05, 0.1) is 6.61 Å². The van der Waals surface area contributed by atoms with Crippen molar-refractivity contribution in [3.8, 4) is 5.75 Å². The summed E-state index contributed by atoms with van der Waals surface area (Å²) in [5.74, 6) is 0.906. The SMILES string of the molecule is CN(CCCOc1ccccc1)c1ccccc1C(N)=S. The fourth-order valence-corrected chi connectivity index (χ4v) is 2.32. The Labute approximate surface area is 131 Å². The fraction of sp³-hybridized carbons (Fsp3) is 0.235. The van der Waals surface area contributed by atoms with Crippen LogP contribution in [0.3, 0.4) is 0 Å². The number of hydrogen-bond acceptors (Lipinski definition) is 3. The van der Waals surface area contributed by atoms with Gasteiger partial charge in [0, 0.05) is 24.8 Å². The van der Waals surface area contributed by atoms with Gasteiger partial charge in [-0.15, -0.1) is 0 Å². The van der Waals surface area contributed by atoms with E-state index in [-0.39, 0.29) is 0 Å². The van der Waals surface area contributed by atoms with Gasteiger partial charge < -0.3 is 15.4 Å². The van der Waals surface area contributed by atoms with E-state index in [1.54, 1.807) is 0 Å². The minimum Gasteiger partial charge on any atom is -0.494 e. The van der Waals surface area contributed by atoms with Crippen molar-refractivity contribution < 1.29 is 4.74 Å². The fourth-order valence-electron chi connectivity index (χ4n) is 2.14. The molecule has 2 aromatic carbocycles. The Morgan fingerprint density at radius 1 is 1.10 bits per heavy atom. The van der Waals surface area contributed by atoms with E-state index in [9.17, 15) is 0 Å². The lowest BCUT2D eigenvalue weighted by atomic mass is 10.1. The van der Waals surface area contributed by atoms with Gasteiger partial charge in [-0.3, -0.25) is 0 Å². The maximum Gasteiger partial charge on any atom is 0.119 e. The molecule has 21 heavy (non-hydrogen) atoms. The van der Waals surface area contributed by atoms with E-state index in [1.807, 2.05) is 61.6 Å². The molecule has 110 valence electrons. The first-order valence-electron chi connectivity index (χ1n) is 6.96.